The Bertz CT molecular complexity index is 2050. The molecule has 2 heterocycles. The molecule has 7 heteroatoms. The Kier molecular flexibility index (Phi) is 8.90. The molecule has 0 saturated heterocycles. The molecule has 0 saturated carbocycles. The van der Waals surface area contributed by atoms with Gasteiger partial charge in [0.1, 0.15) is 0 Å². The maximum absolute atomic E-state index is 16.0. The van der Waals surface area contributed by atoms with E-state index in [1.54, 1.807) is 18.2 Å². The molecular formula is C36H22Cl2F2IPZr. The van der Waals surface area contributed by atoms with Crippen LogP contribution in [0, 0.1) is 15.2 Å². The summed E-state index contributed by atoms with van der Waals surface area (Å²) in [4.78, 5) is 0. The van der Waals surface area contributed by atoms with Gasteiger partial charge in [-0.2, -0.15) is 0 Å². The first kappa shape index (κ1) is 30.9. The maximum atomic E-state index is 16.0. The van der Waals surface area contributed by atoms with Crippen LogP contribution in [0.25, 0.3) is 38.0 Å². The van der Waals surface area contributed by atoms with Crippen molar-refractivity contribution in [3.8, 4) is 5.30 Å². The molecule has 3 unspecified atom stereocenters. The molecule has 2 aromatic heterocycles. The van der Waals surface area contributed by atoms with Gasteiger partial charge in [-0.05, 0) is 0 Å². The van der Waals surface area contributed by atoms with E-state index in [4.69, 9.17) is 0 Å². The number of halogens is 5. The first-order valence-corrected chi connectivity index (χ1v) is 18.8. The van der Waals surface area contributed by atoms with Crippen LogP contribution < -0.4 is 24.8 Å². The summed E-state index contributed by atoms with van der Waals surface area (Å²) in [5, 5.41) is 5.95. The molecule has 0 radical (unpaired) electrons. The van der Waals surface area contributed by atoms with Crippen molar-refractivity contribution in [1.29, 1.82) is 0 Å². The molecule has 0 fully saturated rings. The van der Waals surface area contributed by atoms with E-state index in [0.717, 1.165) is 33.0 Å². The van der Waals surface area contributed by atoms with Gasteiger partial charge in [-0.25, -0.2) is 0 Å². The van der Waals surface area contributed by atoms with Gasteiger partial charge in [0.15, 0.2) is 0 Å². The molecule has 9 rings (SSSR count). The van der Waals surface area contributed by atoms with Gasteiger partial charge in [-0.3, -0.25) is 0 Å². The number of hydrogen-bond acceptors (Lipinski definition) is 0. The summed E-state index contributed by atoms with van der Waals surface area (Å²) in [5.41, 5.74) is 6.08. The number of rotatable bonds is 4. The largest absolute Gasteiger partial charge is 1.00 e. The second-order valence-electron chi connectivity index (χ2n) is 10.6. The van der Waals surface area contributed by atoms with Crippen molar-refractivity contribution in [2.75, 3.05) is 0 Å². The van der Waals surface area contributed by atoms with E-state index in [-0.39, 0.29) is 43.7 Å². The Hall–Kier alpha value is -2.07. The molecule has 2 aliphatic carbocycles. The molecule has 210 valence electrons. The Morgan fingerprint density at radius 2 is 1.40 bits per heavy atom. The van der Waals surface area contributed by atoms with E-state index in [0.29, 0.717) is 0 Å². The summed E-state index contributed by atoms with van der Waals surface area (Å²) < 4.78 is 32.8. The van der Waals surface area contributed by atoms with Gasteiger partial charge < -0.3 is 24.8 Å². The van der Waals surface area contributed by atoms with Crippen molar-refractivity contribution < 1.29 is 56.8 Å². The minimum absolute atomic E-state index is 0. The molecule has 3 atom stereocenters. The third-order valence-corrected chi connectivity index (χ3v) is 16.1. The van der Waals surface area contributed by atoms with Crippen LogP contribution in [0.3, 0.4) is 0 Å². The molecule has 2 aliphatic rings. The predicted octanol–water partition coefficient (Wildman–Crippen LogP) is 5.20. The van der Waals surface area contributed by atoms with Gasteiger partial charge in [0.05, 0.1) is 0 Å². The van der Waals surface area contributed by atoms with Gasteiger partial charge in [0, 0.05) is 0 Å². The minimum Gasteiger partial charge on any atom is -1.00 e. The first-order chi connectivity index (χ1) is 20.1. The molecule has 0 spiro atoms. The van der Waals surface area contributed by atoms with E-state index in [1.165, 1.54) is 30.2 Å². The molecule has 0 aliphatic heterocycles. The number of hydrogen-bond donors (Lipinski definition) is 0. The zero-order valence-corrected chi connectivity index (χ0v) is 29.6. The van der Waals surface area contributed by atoms with Gasteiger partial charge in [-0.1, -0.05) is 0 Å². The fraction of sp³-hybridized carbons (Fsp3) is 0.0556. The van der Waals surface area contributed by atoms with Crippen LogP contribution in [0.1, 0.15) is 35.1 Å². The second kappa shape index (κ2) is 12.4. The standard InChI is InChI=1S/C21H12FIP.C15H10F.2ClH.Zr/c22-20-9-10-21-19-12-14(11-18(19)20)13-1-5-16(6-2-13)24(21)17-7-3-15(23)4-8-17;16-15-8-4-7-12-9-13(10-14(12)15)11-5-2-1-3-6-11;;;/h1-12H;1-10H;2*1H;/q;;;;+2/p-2. The van der Waals surface area contributed by atoms with Crippen molar-refractivity contribution in [3.63, 3.8) is 0 Å². The van der Waals surface area contributed by atoms with Crippen LogP contribution in [0.4, 0.5) is 8.78 Å². The SMILES string of the molecule is Fc1cccc2c1[CH]([Zr+2][CH]1c3cc4c1c(F)ccc4p(-c1ccc(I)cc1)c1ccc3cc1)C(c1ccccc1)=C2.[Cl-].[Cl-]. The van der Waals surface area contributed by atoms with Crippen LogP contribution in [0.2, 0.25) is 0 Å². The normalized spacial score (nSPS) is 16.3. The Balaban J connectivity index is 0.00000165. The number of benzene rings is 5. The average Bonchev–Trinajstić information content (AvgIpc) is 3.59. The second-order valence-corrected chi connectivity index (χ2v) is 17.7. The van der Waals surface area contributed by atoms with Gasteiger partial charge in [0.25, 0.3) is 0 Å². The molecule has 0 N–H and O–H groups in total. The van der Waals surface area contributed by atoms with E-state index < -0.39 is 30.8 Å². The molecule has 4 bridgehead atoms. The quantitative estimate of drug-likeness (QED) is 0.215. The van der Waals surface area contributed by atoms with Crippen LogP contribution in [-0.2, 0) is 23.2 Å². The van der Waals surface area contributed by atoms with Gasteiger partial charge in [-0.15, -0.1) is 0 Å². The van der Waals surface area contributed by atoms with E-state index >= 15 is 8.78 Å². The minimum atomic E-state index is -1.56. The van der Waals surface area contributed by atoms with E-state index in [1.807, 2.05) is 30.3 Å². The van der Waals surface area contributed by atoms with Crippen LogP contribution in [0.5, 0.6) is 0 Å². The summed E-state index contributed by atoms with van der Waals surface area (Å²) in [6.07, 6.45) is 2.17. The molecule has 7 aromatic rings. The fourth-order valence-corrected chi connectivity index (χ4v) is 14.5. The third-order valence-electron chi connectivity index (χ3n) is 8.33. The zero-order valence-electron chi connectivity index (χ0n) is 22.5. The van der Waals surface area contributed by atoms with Gasteiger partial charge >= 0.3 is 266 Å². The smallest absolute Gasteiger partial charge is 1.00 e. The van der Waals surface area contributed by atoms with Crippen LogP contribution in [0.15, 0.2) is 115 Å². The summed E-state index contributed by atoms with van der Waals surface area (Å²) in [7, 11) is -0.847. The number of allylic oxidation sites excluding steroid dienone is 1. The summed E-state index contributed by atoms with van der Waals surface area (Å²) in [6.45, 7) is 0. The topological polar surface area (TPSA) is 0 Å². The molecule has 43 heavy (non-hydrogen) atoms. The molecule has 5 aromatic carbocycles. The van der Waals surface area contributed by atoms with Crippen molar-refractivity contribution in [2.24, 2.45) is 0 Å². The van der Waals surface area contributed by atoms with Crippen molar-refractivity contribution >= 4 is 62.8 Å². The zero-order chi connectivity index (χ0) is 27.7. The van der Waals surface area contributed by atoms with Crippen molar-refractivity contribution in [1.82, 2.24) is 0 Å². The number of fused-ring (bicyclic) bond motifs is 3. The maximum Gasteiger partial charge on any atom is -1.00 e. The fourth-order valence-electron chi connectivity index (χ4n) is 6.49. The monoisotopic (exact) mass is 810 g/mol. The molecule has 0 nitrogen and oxygen atoms in total. The Morgan fingerprint density at radius 3 is 2.14 bits per heavy atom. The first-order valence-electron chi connectivity index (χ1n) is 13.6. The predicted molar refractivity (Wildman–Crippen MR) is 172 cm³/mol. The summed E-state index contributed by atoms with van der Waals surface area (Å²) in [5.74, 6) is -0.285. The summed E-state index contributed by atoms with van der Waals surface area (Å²) >= 11 is 0.781. The van der Waals surface area contributed by atoms with E-state index in [9.17, 15) is 0 Å². The van der Waals surface area contributed by atoms with Crippen LogP contribution >= 0.6 is 30.1 Å². The molecule has 0 amide bonds. The van der Waals surface area contributed by atoms with Gasteiger partial charge in [0.2, 0.25) is 0 Å². The Labute approximate surface area is 287 Å². The van der Waals surface area contributed by atoms with Crippen molar-refractivity contribution in [3.05, 3.63) is 158 Å². The van der Waals surface area contributed by atoms with E-state index in [2.05, 4.69) is 95.4 Å². The molecular weight excluding hydrogens is 790 g/mol. The summed E-state index contributed by atoms with van der Waals surface area (Å²) in [6, 6.07) is 39.4. The van der Waals surface area contributed by atoms with Crippen molar-refractivity contribution in [2.45, 2.75) is 7.25 Å². The average molecular weight is 813 g/mol. The van der Waals surface area contributed by atoms with Crippen LogP contribution in [-0.4, -0.2) is 0 Å². The Morgan fingerprint density at radius 1 is 0.674 bits per heavy atom. The third kappa shape index (κ3) is 5.22.